The average molecular weight is 314 g/mol. The van der Waals surface area contributed by atoms with Gasteiger partial charge in [-0.2, -0.15) is 0 Å². The Morgan fingerprint density at radius 2 is 1.41 bits per heavy atom. The van der Waals surface area contributed by atoms with Gasteiger partial charge in [0, 0.05) is 12.8 Å². The minimum Gasteiger partial charge on any atom is -0.481 e. The molecule has 4 nitrogen and oxygen atoms in total. The molecule has 0 saturated carbocycles. The summed E-state index contributed by atoms with van der Waals surface area (Å²) in [5.74, 6) is -0.0257. The molecule has 0 aliphatic heterocycles. The number of hydrogen-bond acceptors (Lipinski definition) is 3. The van der Waals surface area contributed by atoms with E-state index in [0.717, 1.165) is 57.3 Å². The number of carboxylic acid groups (broad SMARTS) is 1. The van der Waals surface area contributed by atoms with Gasteiger partial charge >= 0.3 is 11.9 Å². The lowest BCUT2D eigenvalue weighted by atomic mass is 9.98. The Bertz CT molecular complexity index is 285. The lowest BCUT2D eigenvalue weighted by Gasteiger charge is -2.11. The number of carbonyl (C=O) groups is 2. The lowest BCUT2D eigenvalue weighted by molar-refractivity contribution is -0.144. The van der Waals surface area contributed by atoms with Crippen molar-refractivity contribution in [3.05, 3.63) is 0 Å². The first-order chi connectivity index (χ1) is 10.6. The summed E-state index contributed by atoms with van der Waals surface area (Å²) >= 11 is 0. The fraction of sp³-hybridized carbons (Fsp3) is 0.889. The van der Waals surface area contributed by atoms with Gasteiger partial charge in [-0.05, 0) is 31.6 Å². The number of hydrogen-bond donors (Lipinski definition) is 1. The Balaban J connectivity index is 3.31. The molecule has 0 unspecified atom stereocenters. The van der Waals surface area contributed by atoms with Crippen LogP contribution < -0.4 is 0 Å². The fourth-order valence-corrected chi connectivity index (χ4v) is 2.58. The van der Waals surface area contributed by atoms with Crippen LogP contribution in [0.4, 0.5) is 0 Å². The van der Waals surface area contributed by atoms with Crippen molar-refractivity contribution >= 4 is 11.9 Å². The maximum atomic E-state index is 11.5. The number of carboxylic acids is 1. The third-order valence-electron chi connectivity index (χ3n) is 4.20. The average Bonchev–Trinajstić information content (AvgIpc) is 2.49. The van der Waals surface area contributed by atoms with Crippen molar-refractivity contribution in [2.24, 2.45) is 5.92 Å². The zero-order valence-corrected chi connectivity index (χ0v) is 14.4. The van der Waals surface area contributed by atoms with Crippen LogP contribution in [0.5, 0.6) is 0 Å². The quantitative estimate of drug-likeness (QED) is 0.343. The molecule has 0 aliphatic rings. The van der Waals surface area contributed by atoms with Gasteiger partial charge < -0.3 is 9.84 Å². The minimum atomic E-state index is -0.716. The first-order valence-electron chi connectivity index (χ1n) is 8.97. The summed E-state index contributed by atoms with van der Waals surface area (Å²) in [7, 11) is 0. The van der Waals surface area contributed by atoms with Crippen molar-refractivity contribution < 1.29 is 19.4 Å². The van der Waals surface area contributed by atoms with E-state index in [-0.39, 0.29) is 12.4 Å². The van der Waals surface area contributed by atoms with Gasteiger partial charge in [0.25, 0.3) is 0 Å². The smallest absolute Gasteiger partial charge is 0.305 e. The topological polar surface area (TPSA) is 63.6 Å². The molecular weight excluding hydrogens is 280 g/mol. The van der Waals surface area contributed by atoms with E-state index in [1.54, 1.807) is 0 Å². The van der Waals surface area contributed by atoms with E-state index < -0.39 is 5.97 Å². The van der Waals surface area contributed by atoms with Gasteiger partial charge in [0.2, 0.25) is 0 Å². The molecule has 0 aromatic heterocycles. The SMILES string of the molecule is CCC(CC)CCCOC(=O)CCCCCCCCC(=O)O. The summed E-state index contributed by atoms with van der Waals surface area (Å²) in [5, 5.41) is 8.51. The Hall–Kier alpha value is -1.06. The largest absolute Gasteiger partial charge is 0.481 e. The first-order valence-corrected chi connectivity index (χ1v) is 8.97. The Labute approximate surface area is 135 Å². The zero-order chi connectivity index (χ0) is 16.6. The molecule has 0 fully saturated rings. The van der Waals surface area contributed by atoms with E-state index in [1.807, 2.05) is 0 Å². The van der Waals surface area contributed by atoms with Crippen molar-refractivity contribution in [1.82, 2.24) is 0 Å². The van der Waals surface area contributed by atoms with E-state index in [1.165, 1.54) is 12.8 Å². The van der Waals surface area contributed by atoms with Crippen molar-refractivity contribution in [2.75, 3.05) is 6.61 Å². The van der Waals surface area contributed by atoms with Crippen molar-refractivity contribution in [3.8, 4) is 0 Å². The van der Waals surface area contributed by atoms with Crippen molar-refractivity contribution in [3.63, 3.8) is 0 Å². The van der Waals surface area contributed by atoms with E-state index in [0.29, 0.717) is 13.0 Å². The fourth-order valence-electron chi connectivity index (χ4n) is 2.58. The van der Waals surface area contributed by atoms with Gasteiger partial charge in [0.15, 0.2) is 0 Å². The predicted octanol–water partition coefficient (Wildman–Crippen LogP) is 4.95. The van der Waals surface area contributed by atoms with E-state index >= 15 is 0 Å². The first kappa shape index (κ1) is 20.9. The number of carbonyl (C=O) groups excluding carboxylic acids is 1. The second-order valence-electron chi connectivity index (χ2n) is 6.06. The normalized spacial score (nSPS) is 10.9. The van der Waals surface area contributed by atoms with E-state index in [9.17, 15) is 9.59 Å². The van der Waals surface area contributed by atoms with Crippen LogP contribution in [0.1, 0.15) is 90.9 Å². The lowest BCUT2D eigenvalue weighted by Crippen LogP contribution is -2.07. The van der Waals surface area contributed by atoms with E-state index in [2.05, 4.69) is 13.8 Å². The van der Waals surface area contributed by atoms with Crippen LogP contribution >= 0.6 is 0 Å². The summed E-state index contributed by atoms with van der Waals surface area (Å²) in [6.45, 7) is 4.98. The highest BCUT2D eigenvalue weighted by Crippen LogP contribution is 2.14. The Morgan fingerprint density at radius 1 is 0.864 bits per heavy atom. The molecule has 0 heterocycles. The molecule has 130 valence electrons. The highest BCUT2D eigenvalue weighted by atomic mass is 16.5. The Kier molecular flexibility index (Phi) is 14.1. The van der Waals surface area contributed by atoms with Crippen LogP contribution in [0.3, 0.4) is 0 Å². The third kappa shape index (κ3) is 13.9. The van der Waals surface area contributed by atoms with Crippen molar-refractivity contribution in [2.45, 2.75) is 90.9 Å². The number of unbranched alkanes of at least 4 members (excludes halogenated alkanes) is 5. The van der Waals surface area contributed by atoms with Gasteiger partial charge in [-0.15, -0.1) is 0 Å². The van der Waals surface area contributed by atoms with Crippen LogP contribution in [0.15, 0.2) is 0 Å². The second kappa shape index (κ2) is 14.9. The molecule has 0 rings (SSSR count). The molecule has 0 saturated heterocycles. The molecule has 0 radical (unpaired) electrons. The number of ether oxygens (including phenoxy) is 1. The maximum Gasteiger partial charge on any atom is 0.305 e. The van der Waals surface area contributed by atoms with Gasteiger partial charge in [0.05, 0.1) is 6.61 Å². The maximum absolute atomic E-state index is 11.5. The molecule has 0 spiro atoms. The monoisotopic (exact) mass is 314 g/mol. The van der Waals surface area contributed by atoms with Crippen LogP contribution in [-0.4, -0.2) is 23.7 Å². The molecule has 1 N–H and O–H groups in total. The highest BCUT2D eigenvalue weighted by molar-refractivity contribution is 5.69. The molecule has 0 amide bonds. The van der Waals surface area contributed by atoms with Gasteiger partial charge in [-0.1, -0.05) is 52.4 Å². The number of rotatable bonds is 15. The molecule has 4 heteroatoms. The van der Waals surface area contributed by atoms with Crippen LogP contribution in [0.25, 0.3) is 0 Å². The molecule has 0 aromatic carbocycles. The molecule has 22 heavy (non-hydrogen) atoms. The summed E-state index contributed by atoms with van der Waals surface area (Å²) in [5.41, 5.74) is 0. The summed E-state index contributed by atoms with van der Waals surface area (Å²) < 4.78 is 5.25. The van der Waals surface area contributed by atoms with Crippen LogP contribution in [-0.2, 0) is 14.3 Å². The summed E-state index contributed by atoms with van der Waals surface area (Å²) in [6.07, 6.45) is 11.1. The molecule has 0 atom stereocenters. The molecule has 0 bridgehead atoms. The van der Waals surface area contributed by atoms with Gasteiger partial charge in [-0.3, -0.25) is 9.59 Å². The number of aliphatic carboxylic acids is 1. The Morgan fingerprint density at radius 3 is 1.95 bits per heavy atom. The van der Waals surface area contributed by atoms with Crippen LogP contribution in [0.2, 0.25) is 0 Å². The highest BCUT2D eigenvalue weighted by Gasteiger charge is 2.05. The summed E-state index contributed by atoms with van der Waals surface area (Å²) in [6, 6.07) is 0. The molecular formula is C18H34O4. The zero-order valence-electron chi connectivity index (χ0n) is 14.4. The predicted molar refractivity (Wildman–Crippen MR) is 88.8 cm³/mol. The molecule has 0 aromatic rings. The second-order valence-corrected chi connectivity index (χ2v) is 6.06. The summed E-state index contributed by atoms with van der Waals surface area (Å²) in [4.78, 5) is 21.9. The van der Waals surface area contributed by atoms with Gasteiger partial charge in [-0.25, -0.2) is 0 Å². The molecule has 0 aliphatic carbocycles. The van der Waals surface area contributed by atoms with Crippen LogP contribution in [0, 0.1) is 5.92 Å². The van der Waals surface area contributed by atoms with Gasteiger partial charge in [0.1, 0.15) is 0 Å². The third-order valence-corrected chi connectivity index (χ3v) is 4.20. The van der Waals surface area contributed by atoms with E-state index in [4.69, 9.17) is 9.84 Å². The standard InChI is InChI=1S/C18H34O4/c1-3-16(4-2)12-11-15-22-18(21)14-10-8-6-5-7-9-13-17(19)20/h16H,3-15H2,1-2H3,(H,19,20). The van der Waals surface area contributed by atoms with Crippen molar-refractivity contribution in [1.29, 1.82) is 0 Å². The number of esters is 1. The minimum absolute atomic E-state index is 0.0737.